The van der Waals surface area contributed by atoms with Gasteiger partial charge in [0.1, 0.15) is 24.0 Å². The SMILES string of the molecule is CC(C)(COc1cccc2c1C(N)=NS(=O)(=O)C2)NC(=O)c1ccnc(-n2ccc3ccccc32)c1. The van der Waals surface area contributed by atoms with Crippen LogP contribution in [0.5, 0.6) is 5.75 Å². The van der Waals surface area contributed by atoms with Crippen molar-refractivity contribution in [3.8, 4) is 11.6 Å². The fourth-order valence-electron chi connectivity index (χ4n) is 4.18. The summed E-state index contributed by atoms with van der Waals surface area (Å²) in [7, 11) is -3.64. The van der Waals surface area contributed by atoms with Gasteiger partial charge in [-0.25, -0.2) is 13.4 Å². The molecule has 0 unspecified atom stereocenters. The number of nitrogens with one attached hydrogen (secondary N) is 1. The average molecular weight is 504 g/mol. The van der Waals surface area contributed by atoms with Gasteiger partial charge in [-0.1, -0.05) is 30.3 Å². The molecule has 10 heteroatoms. The molecule has 0 atom stereocenters. The molecule has 0 spiro atoms. The molecule has 0 saturated carbocycles. The maximum atomic E-state index is 13.1. The highest BCUT2D eigenvalue weighted by Crippen LogP contribution is 2.28. The van der Waals surface area contributed by atoms with E-state index in [-0.39, 0.29) is 24.1 Å². The van der Waals surface area contributed by atoms with E-state index in [0.29, 0.717) is 28.3 Å². The number of amidine groups is 1. The summed E-state index contributed by atoms with van der Waals surface area (Å²) in [6.07, 6.45) is 3.53. The van der Waals surface area contributed by atoms with Gasteiger partial charge in [0.05, 0.1) is 22.4 Å². The van der Waals surface area contributed by atoms with Crippen LogP contribution in [0.3, 0.4) is 0 Å². The van der Waals surface area contributed by atoms with E-state index in [4.69, 9.17) is 10.5 Å². The standard InChI is InChI=1S/C26H25N5O4S/c1-26(2,16-35-21-9-5-7-19-15-36(33,34)30-24(27)23(19)21)29-25(32)18-10-12-28-22(14-18)31-13-11-17-6-3-4-8-20(17)31/h3-14H,15-16H2,1-2H3,(H2,27,30)(H,29,32). The van der Waals surface area contributed by atoms with Crippen molar-refractivity contribution in [3.63, 3.8) is 0 Å². The molecule has 36 heavy (non-hydrogen) atoms. The summed E-state index contributed by atoms with van der Waals surface area (Å²) in [6, 6.07) is 18.4. The molecule has 5 rings (SSSR count). The van der Waals surface area contributed by atoms with Crippen molar-refractivity contribution in [2.45, 2.75) is 25.1 Å². The van der Waals surface area contributed by atoms with E-state index in [1.54, 1.807) is 36.5 Å². The van der Waals surface area contributed by atoms with E-state index >= 15 is 0 Å². The number of aromatic nitrogens is 2. The molecular formula is C26H25N5O4S. The Labute approximate surface area is 208 Å². The van der Waals surface area contributed by atoms with Gasteiger partial charge in [0.25, 0.3) is 15.9 Å². The van der Waals surface area contributed by atoms with E-state index in [9.17, 15) is 13.2 Å². The second-order valence-electron chi connectivity index (χ2n) is 9.27. The van der Waals surface area contributed by atoms with Crippen LogP contribution in [0.4, 0.5) is 0 Å². The van der Waals surface area contributed by atoms with Crippen LogP contribution in [-0.2, 0) is 15.8 Å². The molecule has 3 N–H and O–H groups in total. The van der Waals surface area contributed by atoms with Crippen LogP contribution in [-0.4, -0.2) is 41.9 Å². The quantitative estimate of drug-likeness (QED) is 0.416. The summed E-state index contributed by atoms with van der Waals surface area (Å²) in [5.74, 6) is 0.443. The predicted molar refractivity (Wildman–Crippen MR) is 138 cm³/mol. The third-order valence-corrected chi connectivity index (χ3v) is 6.99. The first-order valence-electron chi connectivity index (χ1n) is 11.3. The van der Waals surface area contributed by atoms with Gasteiger partial charge in [-0.3, -0.25) is 4.79 Å². The highest BCUT2D eigenvalue weighted by molar-refractivity contribution is 7.89. The normalized spacial score (nSPS) is 14.7. The van der Waals surface area contributed by atoms with Crippen molar-refractivity contribution >= 4 is 32.7 Å². The smallest absolute Gasteiger partial charge is 0.259 e. The highest BCUT2D eigenvalue weighted by atomic mass is 32.2. The lowest BCUT2D eigenvalue weighted by molar-refractivity contribution is 0.0880. The first kappa shape index (κ1) is 23.6. The molecule has 3 heterocycles. The fraction of sp³-hybridized carbons (Fsp3) is 0.192. The molecule has 0 radical (unpaired) electrons. The summed E-state index contributed by atoms with van der Waals surface area (Å²) in [6.45, 7) is 3.79. The van der Waals surface area contributed by atoms with Crippen LogP contribution in [0, 0.1) is 0 Å². The van der Waals surface area contributed by atoms with Gasteiger partial charge >= 0.3 is 0 Å². The summed E-state index contributed by atoms with van der Waals surface area (Å²) in [5.41, 5.74) is 7.62. The maximum Gasteiger partial charge on any atom is 0.259 e. The van der Waals surface area contributed by atoms with Crippen molar-refractivity contribution in [1.29, 1.82) is 0 Å². The molecule has 4 aromatic rings. The number of hydrogen-bond donors (Lipinski definition) is 2. The Morgan fingerprint density at radius 3 is 2.78 bits per heavy atom. The van der Waals surface area contributed by atoms with Crippen molar-refractivity contribution in [3.05, 3.63) is 89.7 Å². The van der Waals surface area contributed by atoms with Gasteiger partial charge in [-0.15, -0.1) is 4.40 Å². The van der Waals surface area contributed by atoms with E-state index in [0.717, 1.165) is 10.9 Å². The van der Waals surface area contributed by atoms with Gasteiger partial charge in [0.15, 0.2) is 0 Å². The minimum atomic E-state index is -3.64. The molecular weight excluding hydrogens is 478 g/mol. The largest absolute Gasteiger partial charge is 0.490 e. The van der Waals surface area contributed by atoms with E-state index in [1.165, 1.54) is 0 Å². The minimum Gasteiger partial charge on any atom is -0.490 e. The number of ether oxygens (including phenoxy) is 1. The first-order chi connectivity index (χ1) is 17.1. The van der Waals surface area contributed by atoms with Crippen molar-refractivity contribution < 1.29 is 17.9 Å². The molecule has 1 aliphatic heterocycles. The molecule has 2 aromatic carbocycles. The molecule has 184 valence electrons. The fourth-order valence-corrected chi connectivity index (χ4v) is 5.27. The summed E-state index contributed by atoms with van der Waals surface area (Å²) in [4.78, 5) is 17.5. The highest BCUT2D eigenvalue weighted by Gasteiger charge is 2.27. The van der Waals surface area contributed by atoms with Crippen LogP contribution >= 0.6 is 0 Å². The number of pyridine rings is 1. The van der Waals surface area contributed by atoms with Crippen LogP contribution in [0.15, 0.2) is 77.5 Å². The van der Waals surface area contributed by atoms with E-state index in [1.807, 2.05) is 54.9 Å². The molecule has 1 amide bonds. The zero-order valence-electron chi connectivity index (χ0n) is 19.8. The number of nitrogens with zero attached hydrogens (tertiary/aromatic N) is 3. The van der Waals surface area contributed by atoms with Crippen molar-refractivity contribution in [2.75, 3.05) is 6.61 Å². The lowest BCUT2D eigenvalue weighted by atomic mass is 10.0. The van der Waals surface area contributed by atoms with Gasteiger partial charge in [0.2, 0.25) is 0 Å². The molecule has 0 saturated heterocycles. The van der Waals surface area contributed by atoms with Crippen LogP contribution in [0.25, 0.3) is 16.7 Å². The Morgan fingerprint density at radius 2 is 1.94 bits per heavy atom. The predicted octanol–water partition coefficient (Wildman–Crippen LogP) is 3.16. The van der Waals surface area contributed by atoms with E-state index < -0.39 is 15.6 Å². The number of sulfonamides is 1. The molecule has 9 nitrogen and oxygen atoms in total. The lowest BCUT2D eigenvalue weighted by Gasteiger charge is -2.27. The van der Waals surface area contributed by atoms with Gasteiger partial charge < -0.3 is 20.4 Å². The number of carbonyl (C=O) groups excluding carboxylic acids is 1. The third kappa shape index (κ3) is 4.67. The zero-order valence-corrected chi connectivity index (χ0v) is 20.6. The first-order valence-corrected chi connectivity index (χ1v) is 12.9. The Bertz CT molecular complexity index is 1620. The van der Waals surface area contributed by atoms with Crippen molar-refractivity contribution in [1.82, 2.24) is 14.9 Å². The summed E-state index contributed by atoms with van der Waals surface area (Å²) >= 11 is 0. The molecule has 0 aliphatic carbocycles. The second kappa shape index (κ2) is 8.80. The molecule has 0 bridgehead atoms. The molecule has 0 fully saturated rings. The van der Waals surface area contributed by atoms with Gasteiger partial charge in [0, 0.05) is 18.0 Å². The Morgan fingerprint density at radius 1 is 1.14 bits per heavy atom. The van der Waals surface area contributed by atoms with Crippen LogP contribution < -0.4 is 15.8 Å². The number of nitrogens with two attached hydrogens (primary N) is 1. The zero-order chi connectivity index (χ0) is 25.5. The summed E-state index contributed by atoms with van der Waals surface area (Å²) in [5, 5.41) is 4.08. The Kier molecular flexibility index (Phi) is 5.76. The molecule has 1 aliphatic rings. The van der Waals surface area contributed by atoms with Crippen molar-refractivity contribution in [2.24, 2.45) is 10.1 Å². The number of benzene rings is 2. The topological polar surface area (TPSA) is 129 Å². The maximum absolute atomic E-state index is 13.1. The van der Waals surface area contributed by atoms with Crippen LogP contribution in [0.2, 0.25) is 0 Å². The number of amides is 1. The number of para-hydroxylation sites is 1. The number of carbonyl (C=O) groups is 1. The third-order valence-electron chi connectivity index (χ3n) is 5.84. The van der Waals surface area contributed by atoms with Crippen LogP contribution in [0.1, 0.15) is 35.3 Å². The monoisotopic (exact) mass is 503 g/mol. The minimum absolute atomic E-state index is 0.101. The Hall–Kier alpha value is -4.18. The number of rotatable bonds is 6. The summed E-state index contributed by atoms with van der Waals surface area (Å²) < 4.78 is 35.4. The number of hydrogen-bond acceptors (Lipinski definition) is 6. The van der Waals surface area contributed by atoms with Gasteiger partial charge in [-0.05, 0) is 55.1 Å². The number of fused-ring (bicyclic) bond motifs is 2. The van der Waals surface area contributed by atoms with Gasteiger partial charge in [-0.2, -0.15) is 0 Å². The molecule has 2 aromatic heterocycles. The van der Waals surface area contributed by atoms with E-state index in [2.05, 4.69) is 14.7 Å². The Balaban J connectivity index is 1.32. The average Bonchev–Trinajstić information content (AvgIpc) is 3.26. The lowest BCUT2D eigenvalue weighted by Crippen LogP contribution is -2.48. The second-order valence-corrected chi connectivity index (χ2v) is 10.9.